The smallest absolute Gasteiger partial charge is 0.260 e. The zero-order chi connectivity index (χ0) is 13.1. The predicted octanol–water partition coefficient (Wildman–Crippen LogP) is 1.34. The quantitative estimate of drug-likeness (QED) is 0.644. The zero-order valence-corrected chi connectivity index (χ0v) is 10.8. The highest BCUT2D eigenvalue weighted by Gasteiger charge is 2.27. The van der Waals surface area contributed by atoms with Gasteiger partial charge in [0.05, 0.1) is 6.42 Å². The molecule has 0 saturated heterocycles. The van der Waals surface area contributed by atoms with Crippen molar-refractivity contribution in [3.63, 3.8) is 0 Å². The lowest BCUT2D eigenvalue weighted by molar-refractivity contribution is -0.127. The van der Waals surface area contributed by atoms with E-state index in [9.17, 15) is 9.59 Å². The summed E-state index contributed by atoms with van der Waals surface area (Å²) >= 11 is 0. The maximum Gasteiger partial charge on any atom is 0.260 e. The number of imide groups is 1. The van der Waals surface area contributed by atoms with Gasteiger partial charge in [0.15, 0.2) is 0 Å². The fourth-order valence-electron chi connectivity index (χ4n) is 2.07. The van der Waals surface area contributed by atoms with E-state index in [0.717, 1.165) is 30.6 Å². The molecule has 1 aliphatic rings. The number of hydrogen-bond donors (Lipinski definition) is 1. The van der Waals surface area contributed by atoms with Crippen molar-refractivity contribution in [1.29, 1.82) is 0 Å². The van der Waals surface area contributed by atoms with Crippen molar-refractivity contribution >= 4 is 11.8 Å². The monoisotopic (exact) mass is 246 g/mol. The van der Waals surface area contributed by atoms with Crippen LogP contribution in [0.5, 0.6) is 0 Å². The first-order chi connectivity index (χ1) is 8.63. The van der Waals surface area contributed by atoms with Crippen molar-refractivity contribution in [1.82, 2.24) is 10.2 Å². The van der Waals surface area contributed by atoms with Gasteiger partial charge in [0.2, 0.25) is 5.91 Å². The van der Waals surface area contributed by atoms with Gasteiger partial charge in [-0.25, -0.2) is 0 Å². The molecule has 2 rings (SSSR count). The van der Waals surface area contributed by atoms with E-state index in [1.807, 2.05) is 18.2 Å². The fourth-order valence-corrected chi connectivity index (χ4v) is 2.07. The van der Waals surface area contributed by atoms with Crippen LogP contribution < -0.4 is 5.32 Å². The molecule has 1 N–H and O–H groups in total. The molecule has 1 aromatic carbocycles. The maximum absolute atomic E-state index is 12.0. The average Bonchev–Trinajstić information content (AvgIpc) is 2.37. The molecule has 1 aliphatic heterocycles. The Balaban J connectivity index is 2.21. The van der Waals surface area contributed by atoms with Gasteiger partial charge in [0, 0.05) is 19.2 Å². The Labute approximate surface area is 107 Å². The Morgan fingerprint density at radius 1 is 1.33 bits per heavy atom. The van der Waals surface area contributed by atoms with Crippen molar-refractivity contribution in [2.24, 2.45) is 0 Å². The topological polar surface area (TPSA) is 49.4 Å². The molecule has 96 valence electrons. The Morgan fingerprint density at radius 2 is 2.11 bits per heavy atom. The molecule has 0 aliphatic carbocycles. The highest BCUT2D eigenvalue weighted by atomic mass is 16.2. The van der Waals surface area contributed by atoms with Crippen molar-refractivity contribution < 1.29 is 9.59 Å². The minimum Gasteiger partial charge on any atom is -0.313 e. The second-order valence-electron chi connectivity index (χ2n) is 4.60. The number of fused-ring (bicyclic) bond motifs is 1. The van der Waals surface area contributed by atoms with E-state index in [0.29, 0.717) is 12.0 Å². The van der Waals surface area contributed by atoms with Crippen LogP contribution in [0.3, 0.4) is 0 Å². The molecule has 0 atom stereocenters. The van der Waals surface area contributed by atoms with Crippen LogP contribution in [0.15, 0.2) is 18.2 Å². The van der Waals surface area contributed by atoms with Crippen molar-refractivity contribution in [2.75, 3.05) is 13.6 Å². The van der Waals surface area contributed by atoms with Gasteiger partial charge in [-0.15, -0.1) is 0 Å². The lowest BCUT2D eigenvalue weighted by Gasteiger charge is -2.23. The van der Waals surface area contributed by atoms with Crippen LogP contribution in [0.1, 0.15) is 34.8 Å². The van der Waals surface area contributed by atoms with Gasteiger partial charge in [-0.3, -0.25) is 14.5 Å². The van der Waals surface area contributed by atoms with Crippen LogP contribution in [0.2, 0.25) is 0 Å². The molecule has 4 nitrogen and oxygen atoms in total. The molecule has 2 amide bonds. The summed E-state index contributed by atoms with van der Waals surface area (Å²) in [6.45, 7) is 3.83. The molecule has 0 saturated carbocycles. The van der Waals surface area contributed by atoms with Gasteiger partial charge >= 0.3 is 0 Å². The van der Waals surface area contributed by atoms with E-state index in [1.54, 1.807) is 0 Å². The third kappa shape index (κ3) is 2.43. The Bertz CT molecular complexity index is 483. The maximum atomic E-state index is 12.0. The number of carbonyl (C=O) groups excluding carboxylic acids is 2. The van der Waals surface area contributed by atoms with Gasteiger partial charge in [0.1, 0.15) is 0 Å². The lowest BCUT2D eigenvalue weighted by atomic mass is 9.96. The van der Waals surface area contributed by atoms with Gasteiger partial charge in [-0.2, -0.15) is 0 Å². The number of benzene rings is 1. The van der Waals surface area contributed by atoms with E-state index >= 15 is 0 Å². The summed E-state index contributed by atoms with van der Waals surface area (Å²) in [5.74, 6) is -0.331. The third-order valence-electron chi connectivity index (χ3n) is 3.18. The molecule has 1 heterocycles. The largest absolute Gasteiger partial charge is 0.313 e. The summed E-state index contributed by atoms with van der Waals surface area (Å²) in [7, 11) is 1.54. The summed E-state index contributed by atoms with van der Waals surface area (Å²) in [5, 5.41) is 3.30. The van der Waals surface area contributed by atoms with Gasteiger partial charge in [0.25, 0.3) is 5.91 Å². The fraction of sp³-hybridized carbons (Fsp3) is 0.429. The molecule has 0 spiro atoms. The van der Waals surface area contributed by atoms with Gasteiger partial charge < -0.3 is 5.32 Å². The standard InChI is InChI=1S/C14H18N2O2/c1-3-6-15-9-10-4-5-11-8-13(17)16(2)14(18)12(11)7-10/h4-5,7,15H,3,6,8-9H2,1-2H3. The Morgan fingerprint density at radius 3 is 2.83 bits per heavy atom. The molecule has 0 bridgehead atoms. The lowest BCUT2D eigenvalue weighted by Crippen LogP contribution is -2.39. The zero-order valence-electron chi connectivity index (χ0n) is 10.8. The van der Waals surface area contributed by atoms with Gasteiger partial charge in [-0.1, -0.05) is 19.1 Å². The highest BCUT2D eigenvalue weighted by molar-refractivity contribution is 6.09. The van der Waals surface area contributed by atoms with Crippen LogP contribution in [0.25, 0.3) is 0 Å². The van der Waals surface area contributed by atoms with Crippen LogP contribution >= 0.6 is 0 Å². The van der Waals surface area contributed by atoms with Crippen molar-refractivity contribution in [3.05, 3.63) is 34.9 Å². The first kappa shape index (κ1) is 12.8. The van der Waals surface area contributed by atoms with E-state index in [4.69, 9.17) is 0 Å². The van der Waals surface area contributed by atoms with E-state index in [2.05, 4.69) is 12.2 Å². The molecule has 0 aromatic heterocycles. The van der Waals surface area contributed by atoms with Gasteiger partial charge in [-0.05, 0) is 30.2 Å². The van der Waals surface area contributed by atoms with Crippen molar-refractivity contribution in [2.45, 2.75) is 26.3 Å². The highest BCUT2D eigenvalue weighted by Crippen LogP contribution is 2.20. The van der Waals surface area contributed by atoms with Crippen LogP contribution in [0.4, 0.5) is 0 Å². The van der Waals surface area contributed by atoms with Crippen LogP contribution in [-0.2, 0) is 17.8 Å². The predicted molar refractivity (Wildman–Crippen MR) is 69.2 cm³/mol. The van der Waals surface area contributed by atoms with E-state index < -0.39 is 0 Å². The first-order valence-electron chi connectivity index (χ1n) is 6.27. The molecule has 0 unspecified atom stereocenters. The summed E-state index contributed by atoms with van der Waals surface area (Å²) in [4.78, 5) is 24.7. The number of amides is 2. The molecular weight excluding hydrogens is 228 g/mol. The second kappa shape index (κ2) is 5.31. The number of nitrogens with one attached hydrogen (secondary N) is 1. The Hall–Kier alpha value is -1.68. The molecule has 4 heteroatoms. The molecular formula is C14H18N2O2. The van der Waals surface area contributed by atoms with Crippen molar-refractivity contribution in [3.8, 4) is 0 Å². The molecule has 0 fully saturated rings. The average molecular weight is 246 g/mol. The normalized spacial score (nSPS) is 14.9. The van der Waals surface area contributed by atoms with Crippen LogP contribution in [-0.4, -0.2) is 30.3 Å². The molecule has 18 heavy (non-hydrogen) atoms. The number of hydrogen-bond acceptors (Lipinski definition) is 3. The second-order valence-corrected chi connectivity index (χ2v) is 4.60. The SMILES string of the molecule is CCCNCc1ccc2c(c1)C(=O)N(C)C(=O)C2. The van der Waals surface area contributed by atoms with E-state index in [-0.39, 0.29) is 11.8 Å². The third-order valence-corrected chi connectivity index (χ3v) is 3.18. The minimum atomic E-state index is -0.196. The number of nitrogens with zero attached hydrogens (tertiary/aromatic N) is 1. The summed E-state index contributed by atoms with van der Waals surface area (Å²) in [5.41, 5.74) is 2.58. The van der Waals surface area contributed by atoms with E-state index in [1.165, 1.54) is 11.9 Å². The molecule has 1 aromatic rings. The van der Waals surface area contributed by atoms with Crippen LogP contribution in [0, 0.1) is 0 Å². The number of likely N-dealkylation sites (N-methyl/N-ethyl adjacent to an activating group) is 1. The minimum absolute atomic E-state index is 0.135. The summed E-state index contributed by atoms with van der Waals surface area (Å²) in [6.07, 6.45) is 1.40. The summed E-state index contributed by atoms with van der Waals surface area (Å²) in [6, 6.07) is 5.76. The number of rotatable bonds is 4. The first-order valence-corrected chi connectivity index (χ1v) is 6.27. The Kier molecular flexibility index (Phi) is 3.77. The molecule has 0 radical (unpaired) electrons. The number of carbonyl (C=O) groups is 2. The summed E-state index contributed by atoms with van der Waals surface area (Å²) < 4.78 is 0.